The van der Waals surface area contributed by atoms with Crippen LogP contribution in [0.25, 0.3) is 11.0 Å². The van der Waals surface area contributed by atoms with Crippen molar-refractivity contribution in [2.45, 2.75) is 83.1 Å². The van der Waals surface area contributed by atoms with Gasteiger partial charge in [0.25, 0.3) is 0 Å². The van der Waals surface area contributed by atoms with Crippen LogP contribution >= 0.6 is 0 Å². The van der Waals surface area contributed by atoms with E-state index in [-0.39, 0.29) is 11.9 Å². The summed E-state index contributed by atoms with van der Waals surface area (Å²) < 4.78 is 29.6. The van der Waals surface area contributed by atoms with Crippen molar-refractivity contribution in [1.29, 1.82) is 0 Å². The van der Waals surface area contributed by atoms with E-state index < -0.39 is 10.0 Å². The number of imidazole rings is 1. The van der Waals surface area contributed by atoms with Gasteiger partial charge in [-0.05, 0) is 51.3 Å². The average molecular weight is 463 g/mol. The van der Waals surface area contributed by atoms with Crippen molar-refractivity contribution in [3.63, 3.8) is 0 Å². The maximum atomic E-state index is 13.0. The summed E-state index contributed by atoms with van der Waals surface area (Å²) in [7, 11) is -1.57. The van der Waals surface area contributed by atoms with Crippen molar-refractivity contribution >= 4 is 27.0 Å². The van der Waals surface area contributed by atoms with Crippen LogP contribution in [0, 0.1) is 0 Å². The lowest BCUT2D eigenvalue weighted by atomic mass is 10.2. The predicted octanol–water partition coefficient (Wildman–Crippen LogP) is 4.11. The van der Waals surface area contributed by atoms with Crippen LogP contribution in [-0.2, 0) is 28.3 Å². The minimum absolute atomic E-state index is 0.150. The summed E-state index contributed by atoms with van der Waals surface area (Å²) in [5.74, 6) is 0.953. The summed E-state index contributed by atoms with van der Waals surface area (Å²) in [5, 5.41) is 0. The fourth-order valence-corrected chi connectivity index (χ4v) is 5.97. The summed E-state index contributed by atoms with van der Waals surface area (Å²) in [6, 6.07) is 5.37. The van der Waals surface area contributed by atoms with E-state index in [4.69, 9.17) is 4.98 Å². The molecule has 178 valence electrons. The minimum atomic E-state index is -3.49. The number of carbonyl (C=O) groups excluding carboxylic acids is 1. The smallest absolute Gasteiger partial charge is 0.243 e. The van der Waals surface area contributed by atoms with Crippen molar-refractivity contribution in [1.82, 2.24) is 18.8 Å². The van der Waals surface area contributed by atoms with Crippen LogP contribution in [0.4, 0.5) is 0 Å². The molecule has 1 aromatic heterocycles. The van der Waals surface area contributed by atoms with E-state index in [0.29, 0.717) is 36.3 Å². The van der Waals surface area contributed by atoms with E-state index in [2.05, 4.69) is 20.8 Å². The molecule has 0 radical (unpaired) electrons. The molecule has 1 saturated heterocycles. The summed E-state index contributed by atoms with van der Waals surface area (Å²) >= 11 is 0. The highest BCUT2D eigenvalue weighted by Crippen LogP contribution is 2.25. The number of rotatable bonds is 10. The van der Waals surface area contributed by atoms with E-state index in [1.807, 2.05) is 22.6 Å². The fraction of sp³-hybridized carbons (Fsp3) is 0.667. The molecule has 32 heavy (non-hydrogen) atoms. The molecule has 0 saturated carbocycles. The molecule has 0 spiro atoms. The molecule has 1 aliphatic rings. The summed E-state index contributed by atoms with van der Waals surface area (Å²) in [6.07, 6.45) is 7.14. The maximum Gasteiger partial charge on any atom is 0.243 e. The lowest BCUT2D eigenvalue weighted by Gasteiger charge is -2.27. The SMILES string of the molecule is CCCCCN(C(=O)CCc1nc2cc(S(=O)(=O)N3CCCCC3)ccc2n1C)C(C)C. The van der Waals surface area contributed by atoms with Crippen LogP contribution in [0.2, 0.25) is 0 Å². The largest absolute Gasteiger partial charge is 0.340 e. The number of aryl methyl sites for hydroxylation is 2. The second-order valence-corrected chi connectivity index (χ2v) is 11.0. The quantitative estimate of drug-likeness (QED) is 0.498. The van der Waals surface area contributed by atoms with Crippen molar-refractivity contribution < 1.29 is 13.2 Å². The lowest BCUT2D eigenvalue weighted by molar-refractivity contribution is -0.133. The molecule has 0 aliphatic carbocycles. The van der Waals surface area contributed by atoms with Gasteiger partial charge in [-0.3, -0.25) is 4.79 Å². The zero-order chi connectivity index (χ0) is 23.3. The number of sulfonamides is 1. The van der Waals surface area contributed by atoms with Crippen LogP contribution in [0.15, 0.2) is 23.1 Å². The van der Waals surface area contributed by atoms with Crippen LogP contribution in [0.5, 0.6) is 0 Å². The van der Waals surface area contributed by atoms with Crippen LogP contribution in [0.3, 0.4) is 0 Å². The zero-order valence-electron chi connectivity index (χ0n) is 20.0. The molecular formula is C24H38N4O3S. The molecule has 0 unspecified atom stereocenters. The highest BCUT2D eigenvalue weighted by atomic mass is 32.2. The topological polar surface area (TPSA) is 75.5 Å². The Balaban J connectivity index is 1.74. The molecule has 1 aromatic carbocycles. The standard InChI is InChI=1S/C24H38N4O3S/c1-5-6-8-17-28(19(2)3)24(29)14-13-23-25-21-18-20(11-12-22(21)26(23)4)32(30,31)27-15-9-7-10-16-27/h11-12,18-19H,5-10,13-17H2,1-4H3. The Morgan fingerprint density at radius 2 is 1.88 bits per heavy atom. The van der Waals surface area contributed by atoms with Crippen LogP contribution in [-0.4, -0.2) is 58.8 Å². The number of piperidine rings is 1. The minimum Gasteiger partial charge on any atom is -0.340 e. The number of hydrogen-bond donors (Lipinski definition) is 0. The second-order valence-electron chi connectivity index (χ2n) is 9.09. The normalized spacial score (nSPS) is 15.5. The van der Waals surface area contributed by atoms with Crippen molar-refractivity contribution in [2.24, 2.45) is 7.05 Å². The third-order valence-electron chi connectivity index (χ3n) is 6.41. The van der Waals surface area contributed by atoms with E-state index in [1.165, 1.54) is 0 Å². The molecular weight excluding hydrogens is 424 g/mol. The first-order valence-corrected chi connectivity index (χ1v) is 13.4. The van der Waals surface area contributed by atoms with Gasteiger partial charge in [-0.2, -0.15) is 4.31 Å². The number of hydrogen-bond acceptors (Lipinski definition) is 4. The number of aromatic nitrogens is 2. The maximum absolute atomic E-state index is 13.0. The molecule has 0 atom stereocenters. The Morgan fingerprint density at radius 3 is 2.53 bits per heavy atom. The van der Waals surface area contributed by atoms with E-state index >= 15 is 0 Å². The lowest BCUT2D eigenvalue weighted by Crippen LogP contribution is -2.37. The molecule has 7 nitrogen and oxygen atoms in total. The molecule has 1 amide bonds. The first kappa shape index (κ1) is 24.7. The highest BCUT2D eigenvalue weighted by Gasteiger charge is 2.26. The summed E-state index contributed by atoms with van der Waals surface area (Å²) in [4.78, 5) is 19.8. The monoisotopic (exact) mass is 462 g/mol. The molecule has 1 aliphatic heterocycles. The Labute approximate surface area is 192 Å². The first-order chi connectivity index (χ1) is 15.3. The van der Waals surface area contributed by atoms with Gasteiger partial charge in [-0.1, -0.05) is 26.2 Å². The summed E-state index contributed by atoms with van der Waals surface area (Å²) in [6.45, 7) is 8.24. The van der Waals surface area contributed by atoms with E-state index in [9.17, 15) is 13.2 Å². The first-order valence-electron chi connectivity index (χ1n) is 12.0. The van der Waals surface area contributed by atoms with E-state index in [0.717, 1.165) is 56.4 Å². The number of amides is 1. The second kappa shape index (κ2) is 10.8. The van der Waals surface area contributed by atoms with Crippen molar-refractivity contribution in [3.05, 3.63) is 24.0 Å². The van der Waals surface area contributed by atoms with Crippen molar-refractivity contribution in [3.8, 4) is 0 Å². The summed E-state index contributed by atoms with van der Waals surface area (Å²) in [5.41, 5.74) is 1.55. The number of benzene rings is 1. The van der Waals surface area contributed by atoms with Crippen LogP contribution in [0.1, 0.15) is 71.5 Å². The highest BCUT2D eigenvalue weighted by molar-refractivity contribution is 7.89. The van der Waals surface area contributed by atoms with Gasteiger partial charge in [0.1, 0.15) is 5.82 Å². The third kappa shape index (κ3) is 5.52. The third-order valence-corrected chi connectivity index (χ3v) is 8.30. The van der Waals surface area contributed by atoms with Gasteiger partial charge >= 0.3 is 0 Å². The predicted molar refractivity (Wildman–Crippen MR) is 128 cm³/mol. The number of unbranched alkanes of at least 4 members (excludes halogenated alkanes) is 2. The van der Waals surface area contributed by atoms with Gasteiger partial charge in [0.15, 0.2) is 0 Å². The van der Waals surface area contributed by atoms with Gasteiger partial charge in [-0.25, -0.2) is 13.4 Å². The van der Waals surface area contributed by atoms with Gasteiger partial charge in [0.05, 0.1) is 15.9 Å². The van der Waals surface area contributed by atoms with Gasteiger partial charge in [0, 0.05) is 45.6 Å². The molecule has 3 rings (SSSR count). The molecule has 8 heteroatoms. The molecule has 0 N–H and O–H groups in total. The Bertz CT molecular complexity index is 1020. The Morgan fingerprint density at radius 1 is 1.16 bits per heavy atom. The molecule has 2 heterocycles. The van der Waals surface area contributed by atoms with Gasteiger partial charge < -0.3 is 9.47 Å². The van der Waals surface area contributed by atoms with Gasteiger partial charge in [-0.15, -0.1) is 0 Å². The zero-order valence-corrected chi connectivity index (χ0v) is 20.8. The molecule has 1 fully saturated rings. The Kier molecular flexibility index (Phi) is 8.33. The number of nitrogens with zero attached hydrogens (tertiary/aromatic N) is 4. The number of fused-ring (bicyclic) bond motifs is 1. The van der Waals surface area contributed by atoms with Crippen LogP contribution < -0.4 is 0 Å². The average Bonchev–Trinajstić information content (AvgIpc) is 3.10. The van der Waals surface area contributed by atoms with E-state index in [1.54, 1.807) is 16.4 Å². The van der Waals surface area contributed by atoms with Gasteiger partial charge in [0.2, 0.25) is 15.9 Å². The van der Waals surface area contributed by atoms with Crippen molar-refractivity contribution in [2.75, 3.05) is 19.6 Å². The molecule has 0 bridgehead atoms. The molecule has 2 aromatic rings. The Hall–Kier alpha value is -1.93. The fourth-order valence-electron chi connectivity index (χ4n) is 4.43. The number of carbonyl (C=O) groups is 1.